The molecule has 0 aromatic heterocycles. The Labute approximate surface area is 141 Å². The molecule has 0 spiro atoms. The van der Waals surface area contributed by atoms with E-state index >= 15 is 0 Å². The van der Waals surface area contributed by atoms with Gasteiger partial charge in [0.05, 0.1) is 37.5 Å². The number of carbonyl (C=O) groups is 1. The molecule has 3 rings (SSSR count). The molecule has 2 atom stereocenters. The van der Waals surface area contributed by atoms with E-state index in [0.717, 1.165) is 19.3 Å². The average Bonchev–Trinajstić information content (AvgIpc) is 2.65. The quantitative estimate of drug-likeness (QED) is 0.845. The van der Waals surface area contributed by atoms with E-state index in [2.05, 4.69) is 6.07 Å². The first-order chi connectivity index (χ1) is 11.7. The van der Waals surface area contributed by atoms with Crippen LogP contribution in [0.2, 0.25) is 0 Å². The van der Waals surface area contributed by atoms with Crippen molar-refractivity contribution in [2.75, 3.05) is 26.9 Å². The van der Waals surface area contributed by atoms with Crippen LogP contribution in [0.3, 0.4) is 0 Å². The van der Waals surface area contributed by atoms with Gasteiger partial charge in [0, 0.05) is 12.6 Å². The minimum Gasteiger partial charge on any atom is -0.493 e. The maximum absolute atomic E-state index is 12.6. The van der Waals surface area contributed by atoms with Crippen LogP contribution in [-0.2, 0) is 9.53 Å². The molecule has 6 nitrogen and oxygen atoms in total. The summed E-state index contributed by atoms with van der Waals surface area (Å²) in [4.78, 5) is 14.5. The first kappa shape index (κ1) is 16.6. The predicted octanol–water partition coefficient (Wildman–Crippen LogP) is 2.12. The molecule has 0 bridgehead atoms. The van der Waals surface area contributed by atoms with Crippen LogP contribution in [0.1, 0.15) is 31.2 Å². The molecule has 24 heavy (non-hydrogen) atoms. The van der Waals surface area contributed by atoms with E-state index in [0.29, 0.717) is 30.2 Å². The zero-order valence-electron chi connectivity index (χ0n) is 13.9. The van der Waals surface area contributed by atoms with Crippen molar-refractivity contribution in [1.82, 2.24) is 4.90 Å². The van der Waals surface area contributed by atoms with Crippen LogP contribution in [0, 0.1) is 11.3 Å². The fraction of sp³-hybridized carbons (Fsp3) is 0.556. The molecule has 1 aromatic rings. The lowest BCUT2D eigenvalue weighted by Gasteiger charge is -2.43. The van der Waals surface area contributed by atoms with Gasteiger partial charge in [-0.15, -0.1) is 0 Å². The maximum Gasteiger partial charge on any atom is 0.260 e. The number of amides is 1. The molecular weight excluding hydrogens is 308 g/mol. The van der Waals surface area contributed by atoms with Gasteiger partial charge in [-0.05, 0) is 25.0 Å². The molecule has 1 aliphatic carbocycles. The minimum atomic E-state index is -0.0362. The van der Waals surface area contributed by atoms with Gasteiger partial charge in [-0.2, -0.15) is 5.26 Å². The molecule has 1 amide bonds. The molecule has 0 unspecified atom stereocenters. The molecule has 1 saturated carbocycles. The minimum absolute atomic E-state index is 0.0263. The van der Waals surface area contributed by atoms with E-state index in [1.165, 1.54) is 13.5 Å². The number of nitrogens with zero attached hydrogens (tertiary/aromatic N) is 2. The second kappa shape index (κ2) is 7.54. The SMILES string of the molecule is COc1cc(C#N)ccc1OCC(=O)N1CCO[C@H]2CCCC[C@@H]21. The van der Waals surface area contributed by atoms with Gasteiger partial charge in [-0.3, -0.25) is 4.79 Å². The smallest absolute Gasteiger partial charge is 0.260 e. The fourth-order valence-corrected chi connectivity index (χ4v) is 3.48. The van der Waals surface area contributed by atoms with Gasteiger partial charge in [0.2, 0.25) is 0 Å². The van der Waals surface area contributed by atoms with E-state index < -0.39 is 0 Å². The van der Waals surface area contributed by atoms with E-state index in [-0.39, 0.29) is 24.7 Å². The van der Waals surface area contributed by atoms with Crippen LogP contribution in [0.4, 0.5) is 0 Å². The molecule has 1 heterocycles. The third kappa shape index (κ3) is 3.46. The molecule has 2 aliphatic rings. The summed E-state index contributed by atoms with van der Waals surface area (Å²) < 4.78 is 16.7. The molecule has 1 saturated heterocycles. The Bertz CT molecular complexity index is 638. The van der Waals surface area contributed by atoms with Gasteiger partial charge in [0.25, 0.3) is 5.91 Å². The number of morpholine rings is 1. The Morgan fingerprint density at radius 3 is 3.00 bits per heavy atom. The van der Waals surface area contributed by atoms with Crippen molar-refractivity contribution in [3.05, 3.63) is 23.8 Å². The Hall–Kier alpha value is -2.26. The monoisotopic (exact) mass is 330 g/mol. The van der Waals surface area contributed by atoms with Gasteiger partial charge in [0.15, 0.2) is 18.1 Å². The van der Waals surface area contributed by atoms with Crippen LogP contribution in [0.25, 0.3) is 0 Å². The van der Waals surface area contributed by atoms with Crippen LogP contribution < -0.4 is 9.47 Å². The van der Waals surface area contributed by atoms with E-state index in [4.69, 9.17) is 19.5 Å². The van der Waals surface area contributed by atoms with Crippen molar-refractivity contribution in [3.8, 4) is 17.6 Å². The molecule has 1 aliphatic heterocycles. The third-order valence-electron chi connectivity index (χ3n) is 4.70. The summed E-state index contributed by atoms with van der Waals surface area (Å²) in [6, 6.07) is 7.13. The first-order valence-corrected chi connectivity index (χ1v) is 8.35. The Kier molecular flexibility index (Phi) is 5.21. The first-order valence-electron chi connectivity index (χ1n) is 8.35. The third-order valence-corrected chi connectivity index (χ3v) is 4.70. The predicted molar refractivity (Wildman–Crippen MR) is 86.9 cm³/mol. The van der Waals surface area contributed by atoms with Gasteiger partial charge in [-0.25, -0.2) is 0 Å². The van der Waals surface area contributed by atoms with Crippen molar-refractivity contribution >= 4 is 5.91 Å². The lowest BCUT2D eigenvalue weighted by atomic mass is 9.90. The van der Waals surface area contributed by atoms with Gasteiger partial charge >= 0.3 is 0 Å². The second-order valence-electron chi connectivity index (χ2n) is 6.11. The molecule has 1 aromatic carbocycles. The summed E-state index contributed by atoms with van der Waals surface area (Å²) in [6.07, 6.45) is 4.50. The van der Waals surface area contributed by atoms with Crippen LogP contribution >= 0.6 is 0 Å². The number of ether oxygens (including phenoxy) is 3. The summed E-state index contributed by atoms with van der Waals surface area (Å²) in [7, 11) is 1.51. The lowest BCUT2D eigenvalue weighted by molar-refractivity contribution is -0.151. The topological polar surface area (TPSA) is 71.8 Å². The van der Waals surface area contributed by atoms with Crippen molar-refractivity contribution in [2.24, 2.45) is 0 Å². The molecule has 6 heteroatoms. The van der Waals surface area contributed by atoms with Gasteiger partial charge in [0.1, 0.15) is 0 Å². The van der Waals surface area contributed by atoms with Crippen molar-refractivity contribution in [3.63, 3.8) is 0 Å². The van der Waals surface area contributed by atoms with Crippen molar-refractivity contribution in [1.29, 1.82) is 5.26 Å². The number of rotatable bonds is 4. The zero-order valence-corrected chi connectivity index (χ0v) is 13.9. The molecule has 2 fully saturated rings. The molecule has 128 valence electrons. The Balaban J connectivity index is 1.64. The van der Waals surface area contributed by atoms with Crippen molar-refractivity contribution < 1.29 is 19.0 Å². The highest BCUT2D eigenvalue weighted by Gasteiger charge is 2.36. The highest BCUT2D eigenvalue weighted by Crippen LogP contribution is 2.30. The Morgan fingerprint density at radius 1 is 1.38 bits per heavy atom. The van der Waals surface area contributed by atoms with E-state index in [1.54, 1.807) is 18.2 Å². The summed E-state index contributed by atoms with van der Waals surface area (Å²) in [5.74, 6) is 0.902. The van der Waals surface area contributed by atoms with Gasteiger partial charge in [-0.1, -0.05) is 12.8 Å². The number of benzene rings is 1. The summed E-state index contributed by atoms with van der Waals surface area (Å²) >= 11 is 0. The zero-order chi connectivity index (χ0) is 16.9. The molecule has 0 radical (unpaired) electrons. The fourth-order valence-electron chi connectivity index (χ4n) is 3.48. The number of nitriles is 1. The standard InChI is InChI=1S/C18H22N2O4/c1-22-17-10-13(11-19)6-7-16(17)24-12-18(21)20-8-9-23-15-5-3-2-4-14(15)20/h6-7,10,14-15H,2-5,8-9,12H2,1H3/t14-,15-/m0/s1. The molecular formula is C18H22N2O4. The highest BCUT2D eigenvalue weighted by molar-refractivity contribution is 5.78. The summed E-state index contributed by atoms with van der Waals surface area (Å²) in [6.45, 7) is 1.17. The number of hydrogen-bond acceptors (Lipinski definition) is 5. The van der Waals surface area contributed by atoms with Crippen LogP contribution in [-0.4, -0.2) is 49.8 Å². The van der Waals surface area contributed by atoms with Gasteiger partial charge < -0.3 is 19.1 Å². The van der Waals surface area contributed by atoms with E-state index in [9.17, 15) is 4.79 Å². The number of hydrogen-bond donors (Lipinski definition) is 0. The number of fused-ring (bicyclic) bond motifs is 1. The maximum atomic E-state index is 12.6. The van der Waals surface area contributed by atoms with Crippen LogP contribution in [0.5, 0.6) is 11.5 Å². The largest absolute Gasteiger partial charge is 0.493 e. The number of methoxy groups -OCH3 is 1. The lowest BCUT2D eigenvalue weighted by Crippen LogP contribution is -2.55. The summed E-state index contributed by atoms with van der Waals surface area (Å²) in [5.41, 5.74) is 0.490. The second-order valence-corrected chi connectivity index (χ2v) is 6.11. The Morgan fingerprint density at radius 2 is 2.21 bits per heavy atom. The molecule has 0 N–H and O–H groups in total. The van der Waals surface area contributed by atoms with E-state index in [1.807, 2.05) is 4.90 Å². The average molecular weight is 330 g/mol. The normalized spacial score (nSPS) is 23.1. The summed E-state index contributed by atoms with van der Waals surface area (Å²) in [5, 5.41) is 8.93. The van der Waals surface area contributed by atoms with Crippen molar-refractivity contribution in [2.45, 2.75) is 37.8 Å². The van der Waals surface area contributed by atoms with Crippen LogP contribution in [0.15, 0.2) is 18.2 Å². The number of carbonyl (C=O) groups excluding carboxylic acids is 1. The highest BCUT2D eigenvalue weighted by atomic mass is 16.5.